The molecule has 4 aromatic rings. The molecule has 0 aliphatic carbocycles. The quantitative estimate of drug-likeness (QED) is 0.116. The predicted octanol–water partition coefficient (Wildman–Crippen LogP) is 15.2. The minimum atomic E-state index is -0.852. The van der Waals surface area contributed by atoms with Crippen LogP contribution < -0.4 is 0 Å². The second-order valence-electron chi connectivity index (χ2n) is 15.5. The van der Waals surface area contributed by atoms with Gasteiger partial charge in [-0.1, -0.05) is 176 Å². The SMILES string of the molecule is Cc1ccc(C(C)(C)C)cc1[N-]C(=O)C(=O)[N-]c1cc(C(C)(C)C)ccc1C.Cc1ccc(C(C)C)cc1.Cc1ccc(C(C)C)cc1.[CH3-].[CH3-].[Cl][Ru+2].[Cl][Ru+2]. The van der Waals surface area contributed by atoms with Gasteiger partial charge in [0.2, 0.25) is 0 Å². The summed E-state index contributed by atoms with van der Waals surface area (Å²) in [5.74, 6) is -0.398. The molecule has 0 spiro atoms. The first kappa shape index (κ1) is 56.0. The molecule has 0 radical (unpaired) electrons. The van der Waals surface area contributed by atoms with Crippen LogP contribution in [0, 0.1) is 42.5 Å². The first-order valence-corrected chi connectivity index (χ1v) is 21.8. The number of amides is 2. The van der Waals surface area contributed by atoms with Crippen molar-refractivity contribution in [2.75, 3.05) is 0 Å². The van der Waals surface area contributed by atoms with Crippen molar-refractivity contribution in [3.8, 4) is 0 Å². The number of carbonyl (C=O) groups excluding carboxylic acids is 2. The third kappa shape index (κ3) is 20.5. The van der Waals surface area contributed by atoms with Crippen LogP contribution in [0.2, 0.25) is 0 Å². The molecule has 0 aliphatic rings. The number of rotatable bonds is 4. The van der Waals surface area contributed by atoms with Crippen LogP contribution in [-0.4, -0.2) is 11.8 Å². The average molecular weight is 950 g/mol. The molecule has 8 heteroatoms. The fourth-order valence-corrected chi connectivity index (χ4v) is 4.61. The zero-order valence-electron chi connectivity index (χ0n) is 35.4. The van der Waals surface area contributed by atoms with Gasteiger partial charge in [-0.3, -0.25) is 0 Å². The van der Waals surface area contributed by atoms with Gasteiger partial charge in [0.1, 0.15) is 11.8 Å². The average Bonchev–Trinajstić information content (AvgIpc) is 3.08. The van der Waals surface area contributed by atoms with Gasteiger partial charge in [-0.05, 0) is 72.6 Å². The van der Waals surface area contributed by atoms with E-state index in [0.29, 0.717) is 23.2 Å². The molecular formula is C46H64Cl2N2O2Ru2. The number of halogens is 2. The molecule has 4 aromatic carbocycles. The van der Waals surface area contributed by atoms with Crippen molar-refractivity contribution in [2.45, 2.75) is 120 Å². The van der Waals surface area contributed by atoms with Crippen LogP contribution in [0.3, 0.4) is 0 Å². The van der Waals surface area contributed by atoms with Crippen LogP contribution in [0.1, 0.15) is 126 Å². The normalized spacial score (nSPS) is 10.2. The number of aryl methyl sites for hydroxylation is 4. The molecular weight excluding hydrogens is 886 g/mol. The first-order valence-electron chi connectivity index (χ1n) is 17.3. The molecule has 0 unspecified atom stereocenters. The van der Waals surface area contributed by atoms with Crippen molar-refractivity contribution >= 4 is 42.6 Å². The predicted molar refractivity (Wildman–Crippen MR) is 231 cm³/mol. The van der Waals surface area contributed by atoms with Gasteiger partial charge in [0.05, 0.1) is 0 Å². The Morgan fingerprint density at radius 1 is 0.500 bits per heavy atom. The van der Waals surface area contributed by atoms with E-state index in [1.165, 1.54) is 22.3 Å². The van der Waals surface area contributed by atoms with Crippen molar-refractivity contribution in [1.29, 1.82) is 0 Å². The molecule has 0 heterocycles. The van der Waals surface area contributed by atoms with E-state index in [-0.39, 0.29) is 25.7 Å². The monoisotopic (exact) mass is 950 g/mol. The second-order valence-corrected chi connectivity index (χ2v) is 15.5. The van der Waals surface area contributed by atoms with E-state index in [4.69, 9.17) is 0 Å². The Morgan fingerprint density at radius 3 is 0.981 bits per heavy atom. The Bertz CT molecular complexity index is 1530. The fourth-order valence-electron chi connectivity index (χ4n) is 4.61. The molecule has 0 saturated carbocycles. The maximum atomic E-state index is 12.4. The van der Waals surface area contributed by atoms with Gasteiger partial charge in [-0.2, -0.15) is 0 Å². The van der Waals surface area contributed by atoms with Crippen LogP contribution in [0.25, 0.3) is 10.6 Å². The third-order valence-electron chi connectivity index (χ3n) is 8.27. The molecule has 4 nitrogen and oxygen atoms in total. The van der Waals surface area contributed by atoms with Crippen molar-refractivity contribution in [3.05, 3.63) is 155 Å². The molecule has 0 aromatic heterocycles. The van der Waals surface area contributed by atoms with Crippen molar-refractivity contribution in [2.24, 2.45) is 0 Å². The van der Waals surface area contributed by atoms with E-state index in [1.54, 1.807) is 0 Å². The zero-order chi connectivity index (χ0) is 40.4. The van der Waals surface area contributed by atoms with Gasteiger partial charge in [0.25, 0.3) is 0 Å². The molecule has 54 heavy (non-hydrogen) atoms. The standard InChI is InChI=1S/C24H32N2O2.2C10H14.2CH3.2ClH.2Ru/c1-15-9-11-17(23(3,4)5)13-19(15)25-21(27)22(28)26-20-14-18(24(6,7)8)12-10-16(20)2;2*1-8(2)10-6-4-9(3)5-7-10;;;;;;/h9-14H,1-8H3,(H2,25,26,27,28);2*4-8H,1-3H3;2*1H3;2*1H;;/q;;;2*-1;;;2*+3/p-4. The molecule has 300 valence electrons. The molecule has 0 bridgehead atoms. The number of hydrogen-bond acceptors (Lipinski definition) is 2. The van der Waals surface area contributed by atoms with Crippen LogP contribution in [-0.2, 0) is 55.0 Å². The van der Waals surface area contributed by atoms with E-state index in [0.717, 1.165) is 22.3 Å². The van der Waals surface area contributed by atoms with E-state index in [2.05, 4.69) is 162 Å². The number of nitrogens with zero attached hydrogens (tertiary/aromatic N) is 2. The Hall–Kier alpha value is -2.35. The molecule has 0 aliphatic heterocycles. The van der Waals surface area contributed by atoms with E-state index in [1.807, 2.05) is 84.9 Å². The summed E-state index contributed by atoms with van der Waals surface area (Å²) in [6.07, 6.45) is 0. The van der Waals surface area contributed by atoms with Gasteiger partial charge < -0.3 is 35.1 Å². The number of benzene rings is 4. The third-order valence-corrected chi connectivity index (χ3v) is 8.27. The molecule has 0 saturated heterocycles. The first-order chi connectivity index (χ1) is 24.2. The van der Waals surface area contributed by atoms with Gasteiger partial charge >= 0.3 is 54.0 Å². The van der Waals surface area contributed by atoms with Gasteiger partial charge in [-0.15, -0.1) is 11.4 Å². The van der Waals surface area contributed by atoms with Crippen LogP contribution in [0.5, 0.6) is 0 Å². The maximum absolute atomic E-state index is 12.4. The molecule has 0 N–H and O–H groups in total. The van der Waals surface area contributed by atoms with Crippen molar-refractivity contribution < 1.29 is 44.2 Å². The van der Waals surface area contributed by atoms with Crippen LogP contribution in [0.4, 0.5) is 11.4 Å². The molecule has 0 atom stereocenters. The Balaban J connectivity index is -0.000000820. The van der Waals surface area contributed by atoms with E-state index >= 15 is 0 Å². The summed E-state index contributed by atoms with van der Waals surface area (Å²) in [5, 5.41) is 8.09. The van der Waals surface area contributed by atoms with Crippen LogP contribution in [0.15, 0.2) is 84.9 Å². The summed E-state index contributed by atoms with van der Waals surface area (Å²) in [6.45, 7) is 29.4. The topological polar surface area (TPSA) is 62.3 Å². The second kappa shape index (κ2) is 27.3. The van der Waals surface area contributed by atoms with Gasteiger partial charge in [0.15, 0.2) is 0 Å². The molecule has 2 amide bonds. The summed E-state index contributed by atoms with van der Waals surface area (Å²) in [4.78, 5) is 24.8. The zero-order valence-corrected chi connectivity index (χ0v) is 40.4. The Kier molecular flexibility index (Phi) is 28.3. The van der Waals surface area contributed by atoms with Crippen molar-refractivity contribution in [1.82, 2.24) is 0 Å². The summed E-state index contributed by atoms with van der Waals surface area (Å²) in [5.41, 5.74) is 10.2. The summed E-state index contributed by atoms with van der Waals surface area (Å²) in [7, 11) is 9.14. The van der Waals surface area contributed by atoms with Crippen molar-refractivity contribution in [3.63, 3.8) is 0 Å². The fraction of sp³-hybridized carbons (Fsp3) is 0.391. The summed E-state index contributed by atoms with van der Waals surface area (Å²) in [6, 6.07) is 29.0. The van der Waals surface area contributed by atoms with E-state index < -0.39 is 11.8 Å². The van der Waals surface area contributed by atoms with E-state index in [9.17, 15) is 9.59 Å². The summed E-state index contributed by atoms with van der Waals surface area (Å²) < 4.78 is 0. The Labute approximate surface area is 358 Å². The number of hydrogen-bond donors (Lipinski definition) is 0. The van der Waals surface area contributed by atoms with Gasteiger partial charge in [-0.25, -0.2) is 0 Å². The van der Waals surface area contributed by atoms with Crippen LogP contribution >= 0.6 is 19.4 Å². The van der Waals surface area contributed by atoms with Gasteiger partial charge in [0, 0.05) is 0 Å². The molecule has 4 rings (SSSR count). The minimum absolute atomic E-state index is 0. The molecule has 0 fully saturated rings. The summed E-state index contributed by atoms with van der Waals surface area (Å²) >= 11 is 3.64. The Morgan fingerprint density at radius 2 is 0.759 bits per heavy atom. The number of carbonyl (C=O) groups is 2.